The molecule has 0 aromatic heterocycles. The third kappa shape index (κ3) is 3.40. The molecule has 0 aliphatic carbocycles. The summed E-state index contributed by atoms with van der Waals surface area (Å²) in [6.07, 6.45) is 0. The number of hydrogen-bond acceptors (Lipinski definition) is 4. The van der Waals surface area contributed by atoms with Gasteiger partial charge in [-0.2, -0.15) is 0 Å². The first-order chi connectivity index (χ1) is 7.69. The zero-order valence-corrected chi connectivity index (χ0v) is 10.2. The molecular formula is C12H20N2O2. The van der Waals surface area contributed by atoms with Crippen LogP contribution in [0.25, 0.3) is 0 Å². The van der Waals surface area contributed by atoms with Gasteiger partial charge in [0, 0.05) is 25.2 Å². The summed E-state index contributed by atoms with van der Waals surface area (Å²) in [5.74, 6) is 0.765. The van der Waals surface area contributed by atoms with E-state index in [0.29, 0.717) is 12.3 Å². The lowest BCUT2D eigenvalue weighted by Crippen LogP contribution is -2.26. The molecule has 0 atom stereocenters. The van der Waals surface area contributed by atoms with Gasteiger partial charge in [-0.15, -0.1) is 0 Å². The van der Waals surface area contributed by atoms with Crippen molar-refractivity contribution in [3.63, 3.8) is 0 Å². The number of nitrogens with zero attached hydrogens (tertiary/aromatic N) is 1. The Labute approximate surface area is 96.8 Å². The highest BCUT2D eigenvalue weighted by Gasteiger charge is 2.08. The van der Waals surface area contributed by atoms with Crippen LogP contribution in [0.2, 0.25) is 0 Å². The van der Waals surface area contributed by atoms with E-state index in [-0.39, 0.29) is 5.75 Å². The van der Waals surface area contributed by atoms with E-state index in [9.17, 15) is 5.11 Å². The van der Waals surface area contributed by atoms with Gasteiger partial charge in [0.2, 0.25) is 0 Å². The molecule has 4 heteroatoms. The van der Waals surface area contributed by atoms with Gasteiger partial charge in [0.1, 0.15) is 0 Å². The number of nitrogens with one attached hydrogen (secondary N) is 1. The largest absolute Gasteiger partial charge is 0.504 e. The molecular weight excluding hydrogens is 204 g/mol. The van der Waals surface area contributed by atoms with E-state index in [2.05, 4.69) is 10.2 Å². The fourth-order valence-corrected chi connectivity index (χ4v) is 1.53. The second-order valence-electron chi connectivity index (χ2n) is 3.81. The number of hydrogen-bond donors (Lipinski definition) is 2. The molecule has 0 heterocycles. The molecule has 16 heavy (non-hydrogen) atoms. The predicted octanol–water partition coefficient (Wildman–Crippen LogP) is 1.05. The van der Waals surface area contributed by atoms with Gasteiger partial charge < -0.3 is 20.1 Å². The third-order valence-corrected chi connectivity index (χ3v) is 2.49. The number of rotatable bonds is 6. The van der Waals surface area contributed by atoms with Crippen LogP contribution < -0.4 is 10.1 Å². The molecule has 1 aromatic rings. The third-order valence-electron chi connectivity index (χ3n) is 2.49. The molecule has 0 bridgehead atoms. The Morgan fingerprint density at radius 2 is 2.19 bits per heavy atom. The number of likely N-dealkylation sites (N-methyl/N-ethyl adjacent to an activating group) is 2. The van der Waals surface area contributed by atoms with Crippen LogP contribution >= 0.6 is 0 Å². The van der Waals surface area contributed by atoms with E-state index >= 15 is 0 Å². The molecule has 4 nitrogen and oxygen atoms in total. The molecule has 0 unspecified atom stereocenters. The van der Waals surface area contributed by atoms with Crippen LogP contribution in [-0.4, -0.2) is 44.3 Å². The molecule has 90 valence electrons. The molecule has 0 fully saturated rings. The summed E-state index contributed by atoms with van der Waals surface area (Å²) >= 11 is 0. The van der Waals surface area contributed by atoms with Crippen molar-refractivity contribution in [3.8, 4) is 11.5 Å². The zero-order chi connectivity index (χ0) is 12.0. The normalized spacial score (nSPS) is 10.8. The van der Waals surface area contributed by atoms with Gasteiger partial charge in [-0.1, -0.05) is 12.1 Å². The zero-order valence-electron chi connectivity index (χ0n) is 10.2. The molecule has 1 rings (SSSR count). The first-order valence-electron chi connectivity index (χ1n) is 5.37. The maximum Gasteiger partial charge on any atom is 0.162 e. The monoisotopic (exact) mass is 224 g/mol. The Balaban J connectivity index is 2.66. The van der Waals surface area contributed by atoms with Crippen LogP contribution in [0.5, 0.6) is 11.5 Å². The fourth-order valence-electron chi connectivity index (χ4n) is 1.53. The highest BCUT2D eigenvalue weighted by Crippen LogP contribution is 2.29. The van der Waals surface area contributed by atoms with Crippen molar-refractivity contribution in [1.82, 2.24) is 10.2 Å². The standard InChI is InChI=1S/C12H20N2O2/c1-13-7-8-14(2)9-10-5-4-6-11(16-3)12(10)15/h4-6,13,15H,7-9H2,1-3H3. The molecule has 0 aliphatic heterocycles. The number of phenolic OH excluding ortho intramolecular Hbond substituents is 1. The number of benzene rings is 1. The number of ether oxygens (including phenoxy) is 1. The minimum Gasteiger partial charge on any atom is -0.504 e. The van der Waals surface area contributed by atoms with Crippen molar-refractivity contribution in [3.05, 3.63) is 23.8 Å². The minimum absolute atomic E-state index is 0.237. The molecule has 0 amide bonds. The summed E-state index contributed by atoms with van der Waals surface area (Å²) in [4.78, 5) is 2.14. The summed E-state index contributed by atoms with van der Waals surface area (Å²) in [5, 5.41) is 13.0. The summed E-state index contributed by atoms with van der Waals surface area (Å²) in [6.45, 7) is 2.58. The van der Waals surface area contributed by atoms with Crippen molar-refractivity contribution in [2.75, 3.05) is 34.3 Å². The van der Waals surface area contributed by atoms with E-state index in [1.54, 1.807) is 13.2 Å². The second kappa shape index (κ2) is 6.35. The average molecular weight is 224 g/mol. The summed E-state index contributed by atoms with van der Waals surface area (Å²) in [5.41, 5.74) is 0.887. The van der Waals surface area contributed by atoms with Gasteiger partial charge >= 0.3 is 0 Å². The second-order valence-corrected chi connectivity index (χ2v) is 3.81. The average Bonchev–Trinajstić information content (AvgIpc) is 2.29. The van der Waals surface area contributed by atoms with Crippen LogP contribution in [0, 0.1) is 0 Å². The van der Waals surface area contributed by atoms with E-state index in [0.717, 1.165) is 18.7 Å². The van der Waals surface area contributed by atoms with Gasteiger partial charge in [0.25, 0.3) is 0 Å². The summed E-state index contributed by atoms with van der Waals surface area (Å²) < 4.78 is 5.07. The van der Waals surface area contributed by atoms with Crippen LogP contribution in [0.4, 0.5) is 0 Å². The lowest BCUT2D eigenvalue weighted by molar-refractivity contribution is 0.315. The van der Waals surface area contributed by atoms with Gasteiger partial charge in [0.15, 0.2) is 11.5 Å². The van der Waals surface area contributed by atoms with E-state index in [1.807, 2.05) is 26.2 Å². The maximum atomic E-state index is 9.90. The summed E-state index contributed by atoms with van der Waals surface area (Å²) in [7, 11) is 5.51. The number of aromatic hydroxyl groups is 1. The SMILES string of the molecule is CNCCN(C)Cc1cccc(OC)c1O. The molecule has 0 spiro atoms. The Morgan fingerprint density at radius 1 is 1.44 bits per heavy atom. The highest BCUT2D eigenvalue weighted by molar-refractivity contribution is 5.45. The number of phenols is 1. The smallest absolute Gasteiger partial charge is 0.162 e. The van der Waals surface area contributed by atoms with Crippen LogP contribution in [0.3, 0.4) is 0 Å². The molecule has 1 aromatic carbocycles. The van der Waals surface area contributed by atoms with Gasteiger partial charge in [-0.05, 0) is 20.2 Å². The first-order valence-corrected chi connectivity index (χ1v) is 5.37. The molecule has 2 N–H and O–H groups in total. The minimum atomic E-state index is 0.237. The molecule has 0 saturated heterocycles. The predicted molar refractivity (Wildman–Crippen MR) is 64.9 cm³/mol. The van der Waals surface area contributed by atoms with Crippen molar-refractivity contribution >= 4 is 0 Å². The van der Waals surface area contributed by atoms with Crippen LogP contribution in [0.15, 0.2) is 18.2 Å². The van der Waals surface area contributed by atoms with Crippen molar-refractivity contribution in [2.45, 2.75) is 6.54 Å². The quantitative estimate of drug-likeness (QED) is 0.758. The number of methoxy groups -OCH3 is 1. The Hall–Kier alpha value is -1.26. The lowest BCUT2D eigenvalue weighted by Gasteiger charge is -2.17. The Kier molecular flexibility index (Phi) is 5.08. The van der Waals surface area contributed by atoms with Gasteiger partial charge in [-0.25, -0.2) is 0 Å². The van der Waals surface area contributed by atoms with Crippen molar-refractivity contribution in [2.24, 2.45) is 0 Å². The molecule has 0 radical (unpaired) electrons. The van der Waals surface area contributed by atoms with E-state index in [4.69, 9.17) is 4.74 Å². The highest BCUT2D eigenvalue weighted by atomic mass is 16.5. The van der Waals surface area contributed by atoms with Crippen LogP contribution in [0.1, 0.15) is 5.56 Å². The maximum absolute atomic E-state index is 9.90. The fraction of sp³-hybridized carbons (Fsp3) is 0.500. The van der Waals surface area contributed by atoms with Crippen molar-refractivity contribution < 1.29 is 9.84 Å². The topological polar surface area (TPSA) is 44.7 Å². The van der Waals surface area contributed by atoms with Gasteiger partial charge in [0.05, 0.1) is 7.11 Å². The first kappa shape index (κ1) is 12.8. The number of para-hydroxylation sites is 1. The van der Waals surface area contributed by atoms with E-state index in [1.165, 1.54) is 0 Å². The summed E-state index contributed by atoms with van der Waals surface area (Å²) in [6, 6.07) is 5.56. The Bertz CT molecular complexity index is 329. The Morgan fingerprint density at radius 3 is 2.81 bits per heavy atom. The van der Waals surface area contributed by atoms with Crippen LogP contribution in [-0.2, 0) is 6.54 Å². The van der Waals surface area contributed by atoms with E-state index < -0.39 is 0 Å². The lowest BCUT2D eigenvalue weighted by atomic mass is 10.1. The molecule has 0 saturated carbocycles. The van der Waals surface area contributed by atoms with Crippen molar-refractivity contribution in [1.29, 1.82) is 0 Å². The molecule has 0 aliphatic rings. The van der Waals surface area contributed by atoms with Gasteiger partial charge in [-0.3, -0.25) is 0 Å².